The maximum atomic E-state index is 12.3. The molecule has 3 nitrogen and oxygen atoms in total. The molecule has 0 amide bonds. The topological polar surface area (TPSA) is 24.8 Å². The van der Waals surface area contributed by atoms with E-state index in [1.807, 2.05) is 0 Å². The van der Waals surface area contributed by atoms with E-state index in [9.17, 15) is 13.2 Å². The van der Waals surface area contributed by atoms with Gasteiger partial charge in [0.15, 0.2) is 0 Å². The fourth-order valence-electron chi connectivity index (χ4n) is 3.16. The molecule has 0 saturated carbocycles. The summed E-state index contributed by atoms with van der Waals surface area (Å²) in [4.78, 5) is 8.01. The molecule has 3 rings (SSSR count). The molecule has 0 aliphatic carbocycles. The first-order valence-corrected chi connectivity index (χ1v) is 9.45. The summed E-state index contributed by atoms with van der Waals surface area (Å²) in [7, 11) is 0. The van der Waals surface area contributed by atoms with Crippen molar-refractivity contribution in [2.24, 2.45) is 11.1 Å². The van der Waals surface area contributed by atoms with Gasteiger partial charge in [-0.3, -0.25) is 4.90 Å². The number of likely N-dealkylation sites (tertiary alicyclic amines) is 1. The van der Waals surface area contributed by atoms with Crippen molar-refractivity contribution >= 4 is 32.3 Å². The van der Waals surface area contributed by atoms with Crippen LogP contribution in [-0.4, -0.2) is 34.2 Å². The zero-order chi connectivity index (χ0) is 17.2. The number of halogens is 4. The van der Waals surface area contributed by atoms with Crippen LogP contribution in [0.15, 0.2) is 34.3 Å². The minimum Gasteiger partial charge on any atom is -0.391 e. The highest BCUT2D eigenvalue weighted by Gasteiger charge is 2.32. The first kappa shape index (κ1) is 18.1. The third kappa shape index (κ3) is 5.13. The maximum absolute atomic E-state index is 12.3. The van der Waals surface area contributed by atoms with E-state index in [1.165, 1.54) is 0 Å². The molecule has 1 aromatic carbocycles. The fourth-order valence-corrected chi connectivity index (χ4v) is 4.10. The lowest BCUT2D eigenvalue weighted by molar-refractivity contribution is -0.0328. The molecule has 2 heterocycles. The van der Waals surface area contributed by atoms with Crippen LogP contribution in [0.4, 0.5) is 13.2 Å². The second-order valence-corrected chi connectivity index (χ2v) is 8.17. The molecule has 1 atom stereocenters. The number of piperidine rings is 1. The van der Waals surface area contributed by atoms with E-state index in [0.717, 1.165) is 49.1 Å². The quantitative estimate of drug-likeness (QED) is 0.637. The minimum atomic E-state index is -4.23. The monoisotopic (exact) mass is 422 g/mol. The van der Waals surface area contributed by atoms with Crippen molar-refractivity contribution in [3.8, 4) is 0 Å². The van der Waals surface area contributed by atoms with E-state index in [4.69, 9.17) is 4.84 Å². The average molecular weight is 423 g/mol. The summed E-state index contributed by atoms with van der Waals surface area (Å²) in [5.41, 5.74) is -3.19. The second kappa shape index (κ2) is 7.66. The van der Waals surface area contributed by atoms with Crippen LogP contribution in [0.1, 0.15) is 24.8 Å². The largest absolute Gasteiger partial charge is 0.446 e. The van der Waals surface area contributed by atoms with Gasteiger partial charge in [0.25, 0.3) is 0 Å². The molecule has 0 spiro atoms. The number of thioether (sulfide) groups is 1. The fraction of sp³-hybridized carbons (Fsp3) is 0.562. The van der Waals surface area contributed by atoms with Gasteiger partial charge in [-0.2, -0.15) is 13.2 Å². The Balaban J connectivity index is 1.46. The lowest BCUT2D eigenvalue weighted by Crippen LogP contribution is -2.37. The molecule has 8 heteroatoms. The van der Waals surface area contributed by atoms with Gasteiger partial charge in [-0.1, -0.05) is 17.3 Å². The Labute approximate surface area is 151 Å². The number of alkyl halides is 3. The summed E-state index contributed by atoms with van der Waals surface area (Å²) < 4.78 is 37.9. The van der Waals surface area contributed by atoms with Crippen LogP contribution in [0, 0.1) is 5.92 Å². The third-order valence-corrected chi connectivity index (χ3v) is 5.59. The number of nitrogens with zero attached hydrogens (tertiary/aromatic N) is 2. The molecule has 132 valence electrons. The van der Waals surface area contributed by atoms with Crippen LogP contribution >= 0.6 is 27.7 Å². The summed E-state index contributed by atoms with van der Waals surface area (Å²) >= 11 is 3.30. The van der Waals surface area contributed by atoms with Crippen LogP contribution in [0.2, 0.25) is 0 Å². The summed E-state index contributed by atoms with van der Waals surface area (Å²) in [6.07, 6.45) is 3.15. The number of rotatable bonds is 4. The molecular weight excluding hydrogens is 405 g/mol. The van der Waals surface area contributed by atoms with Gasteiger partial charge in [0, 0.05) is 23.8 Å². The van der Waals surface area contributed by atoms with Crippen LogP contribution in [0.25, 0.3) is 0 Å². The predicted octanol–water partition coefficient (Wildman–Crippen LogP) is 5.01. The SMILES string of the molecule is FC(F)(F)Sc1ccc(CN2CCC([C@H]3CC(Br)=NO3)CC2)cc1. The standard InChI is InChI=1S/C16H18BrF3N2OS/c17-15-9-14(23-21-15)12-5-7-22(8-6-12)10-11-1-3-13(4-2-11)24-16(18,19)20/h1-4,12,14H,5-10H2/t14-/m1/s1. The molecule has 24 heavy (non-hydrogen) atoms. The van der Waals surface area contributed by atoms with Gasteiger partial charge in [0.05, 0.1) is 0 Å². The zero-order valence-corrected chi connectivity index (χ0v) is 15.3. The highest BCUT2D eigenvalue weighted by Crippen LogP contribution is 2.37. The Morgan fingerprint density at radius 2 is 1.88 bits per heavy atom. The van der Waals surface area contributed by atoms with E-state index in [0.29, 0.717) is 5.92 Å². The minimum absolute atomic E-state index is 0.0721. The normalized spacial score (nSPS) is 23.2. The zero-order valence-electron chi connectivity index (χ0n) is 12.9. The summed E-state index contributed by atoms with van der Waals surface area (Å²) in [5, 5.41) is 3.95. The number of benzene rings is 1. The molecule has 2 aliphatic heterocycles. The Morgan fingerprint density at radius 3 is 2.42 bits per heavy atom. The van der Waals surface area contributed by atoms with Crippen LogP contribution in [0.3, 0.4) is 0 Å². The molecule has 0 radical (unpaired) electrons. The Hall–Kier alpha value is -0.730. The molecule has 1 saturated heterocycles. The lowest BCUT2D eigenvalue weighted by Gasteiger charge is -2.33. The molecule has 1 fully saturated rings. The van der Waals surface area contributed by atoms with Crippen molar-refractivity contribution in [1.82, 2.24) is 4.90 Å². The van der Waals surface area contributed by atoms with Crippen molar-refractivity contribution < 1.29 is 18.0 Å². The predicted molar refractivity (Wildman–Crippen MR) is 92.2 cm³/mol. The van der Waals surface area contributed by atoms with E-state index >= 15 is 0 Å². The van der Waals surface area contributed by atoms with Crippen LogP contribution in [-0.2, 0) is 11.4 Å². The highest BCUT2D eigenvalue weighted by atomic mass is 79.9. The molecular formula is C16H18BrF3N2OS. The second-order valence-electron chi connectivity index (χ2n) is 6.12. The van der Waals surface area contributed by atoms with Crippen molar-refractivity contribution in [3.05, 3.63) is 29.8 Å². The summed E-state index contributed by atoms with van der Waals surface area (Å²) in [5.74, 6) is 0.519. The number of hydrogen-bond acceptors (Lipinski definition) is 4. The molecule has 0 unspecified atom stereocenters. The number of oxime groups is 1. The van der Waals surface area contributed by atoms with E-state index in [-0.39, 0.29) is 22.8 Å². The van der Waals surface area contributed by atoms with Crippen molar-refractivity contribution in [2.75, 3.05) is 13.1 Å². The first-order valence-electron chi connectivity index (χ1n) is 7.84. The summed E-state index contributed by atoms with van der Waals surface area (Å²) in [6.45, 7) is 2.72. The van der Waals surface area contributed by atoms with Gasteiger partial charge in [-0.15, -0.1) is 0 Å². The number of hydrogen-bond donors (Lipinski definition) is 0. The Bertz CT molecular complexity index is 586. The first-order chi connectivity index (χ1) is 11.4. The molecule has 0 N–H and O–H groups in total. The van der Waals surface area contributed by atoms with Gasteiger partial charge >= 0.3 is 5.51 Å². The van der Waals surface area contributed by atoms with Crippen molar-refractivity contribution in [1.29, 1.82) is 0 Å². The van der Waals surface area contributed by atoms with E-state index in [1.54, 1.807) is 24.3 Å². The molecule has 0 aromatic heterocycles. The highest BCUT2D eigenvalue weighted by molar-refractivity contribution is 9.18. The smallest absolute Gasteiger partial charge is 0.391 e. The van der Waals surface area contributed by atoms with Crippen molar-refractivity contribution in [3.63, 3.8) is 0 Å². The Morgan fingerprint density at radius 1 is 1.21 bits per heavy atom. The maximum Gasteiger partial charge on any atom is 0.446 e. The van der Waals surface area contributed by atoms with Gasteiger partial charge in [0.1, 0.15) is 10.7 Å². The van der Waals surface area contributed by atoms with Gasteiger partial charge in [0.2, 0.25) is 0 Å². The van der Waals surface area contributed by atoms with Crippen LogP contribution in [0.5, 0.6) is 0 Å². The van der Waals surface area contributed by atoms with Gasteiger partial charge < -0.3 is 4.84 Å². The lowest BCUT2D eigenvalue weighted by atomic mass is 9.90. The molecule has 2 aliphatic rings. The van der Waals surface area contributed by atoms with Gasteiger partial charge in [-0.05, 0) is 71.3 Å². The third-order valence-electron chi connectivity index (χ3n) is 4.38. The van der Waals surface area contributed by atoms with Crippen LogP contribution < -0.4 is 0 Å². The average Bonchev–Trinajstić information content (AvgIpc) is 2.95. The van der Waals surface area contributed by atoms with Crippen molar-refractivity contribution in [2.45, 2.75) is 42.3 Å². The molecule has 0 bridgehead atoms. The van der Waals surface area contributed by atoms with E-state index in [2.05, 4.69) is 26.0 Å². The van der Waals surface area contributed by atoms with Gasteiger partial charge in [-0.25, -0.2) is 0 Å². The summed E-state index contributed by atoms with van der Waals surface area (Å²) in [6, 6.07) is 6.65. The molecule has 1 aromatic rings. The Kier molecular flexibility index (Phi) is 5.77. The van der Waals surface area contributed by atoms with E-state index < -0.39 is 5.51 Å².